The monoisotopic (exact) mass is 360 g/mol. The summed E-state index contributed by atoms with van der Waals surface area (Å²) < 4.78 is 0. The maximum atomic E-state index is 12.1. The van der Waals surface area contributed by atoms with Crippen LogP contribution < -0.4 is 10.2 Å². The zero-order chi connectivity index (χ0) is 18.8. The van der Waals surface area contributed by atoms with E-state index in [4.69, 9.17) is 0 Å². The smallest absolute Gasteiger partial charge is 0.234 e. The van der Waals surface area contributed by atoms with Crippen LogP contribution >= 0.6 is 0 Å². The SMILES string of the molecule is CN(C)CCC1CCN(CC(=O)NCCCN(C)c2ccccc2)CC1. The minimum Gasteiger partial charge on any atom is -0.375 e. The van der Waals surface area contributed by atoms with Crippen molar-refractivity contribution in [1.82, 2.24) is 15.1 Å². The van der Waals surface area contributed by atoms with Crippen molar-refractivity contribution in [2.75, 3.05) is 65.3 Å². The molecule has 0 radical (unpaired) electrons. The average Bonchev–Trinajstić information content (AvgIpc) is 2.65. The number of para-hydroxylation sites is 1. The third-order valence-electron chi connectivity index (χ3n) is 5.25. The molecule has 0 spiro atoms. The molecule has 0 saturated carbocycles. The highest BCUT2D eigenvalue weighted by atomic mass is 16.2. The second kappa shape index (κ2) is 11.2. The first-order chi connectivity index (χ1) is 12.5. The van der Waals surface area contributed by atoms with Gasteiger partial charge in [-0.25, -0.2) is 0 Å². The number of nitrogens with zero attached hydrogens (tertiary/aromatic N) is 3. The number of hydrogen-bond donors (Lipinski definition) is 1. The van der Waals surface area contributed by atoms with Crippen LogP contribution in [0.1, 0.15) is 25.7 Å². The molecule has 1 aromatic carbocycles. The first kappa shape index (κ1) is 20.7. The van der Waals surface area contributed by atoms with Gasteiger partial charge in [0.2, 0.25) is 5.91 Å². The molecule has 26 heavy (non-hydrogen) atoms. The third kappa shape index (κ3) is 7.75. The number of benzene rings is 1. The lowest BCUT2D eigenvalue weighted by Gasteiger charge is -2.32. The van der Waals surface area contributed by atoms with Gasteiger partial charge in [0.1, 0.15) is 0 Å². The van der Waals surface area contributed by atoms with Crippen molar-refractivity contribution < 1.29 is 4.79 Å². The van der Waals surface area contributed by atoms with Crippen LogP contribution in [-0.2, 0) is 4.79 Å². The molecule has 0 bridgehead atoms. The fraction of sp³-hybridized carbons (Fsp3) is 0.667. The van der Waals surface area contributed by atoms with E-state index >= 15 is 0 Å². The molecule has 1 aliphatic heterocycles. The van der Waals surface area contributed by atoms with E-state index in [1.807, 2.05) is 6.07 Å². The summed E-state index contributed by atoms with van der Waals surface area (Å²) in [7, 11) is 6.37. The summed E-state index contributed by atoms with van der Waals surface area (Å²) >= 11 is 0. The number of carbonyl (C=O) groups is 1. The van der Waals surface area contributed by atoms with Gasteiger partial charge < -0.3 is 15.1 Å². The molecule has 0 aromatic heterocycles. The average molecular weight is 361 g/mol. The molecule has 146 valence electrons. The van der Waals surface area contributed by atoms with Gasteiger partial charge in [0.15, 0.2) is 0 Å². The van der Waals surface area contributed by atoms with E-state index in [-0.39, 0.29) is 5.91 Å². The minimum absolute atomic E-state index is 0.166. The Hall–Kier alpha value is -1.59. The van der Waals surface area contributed by atoms with Crippen molar-refractivity contribution in [2.24, 2.45) is 5.92 Å². The lowest BCUT2D eigenvalue weighted by atomic mass is 9.93. The van der Waals surface area contributed by atoms with Gasteiger partial charge in [0.25, 0.3) is 0 Å². The lowest BCUT2D eigenvalue weighted by Crippen LogP contribution is -2.42. The van der Waals surface area contributed by atoms with Gasteiger partial charge in [-0.3, -0.25) is 9.69 Å². The van der Waals surface area contributed by atoms with Gasteiger partial charge in [0, 0.05) is 25.8 Å². The molecule has 1 fully saturated rings. The highest BCUT2D eigenvalue weighted by Crippen LogP contribution is 2.20. The molecule has 0 atom stereocenters. The predicted molar refractivity (Wildman–Crippen MR) is 110 cm³/mol. The largest absolute Gasteiger partial charge is 0.375 e. The number of amides is 1. The van der Waals surface area contributed by atoms with E-state index in [0.717, 1.165) is 38.5 Å². The number of anilines is 1. The van der Waals surface area contributed by atoms with E-state index in [1.54, 1.807) is 0 Å². The van der Waals surface area contributed by atoms with Crippen molar-refractivity contribution in [3.8, 4) is 0 Å². The topological polar surface area (TPSA) is 38.8 Å². The van der Waals surface area contributed by atoms with Crippen LogP contribution in [0.25, 0.3) is 0 Å². The first-order valence-electron chi connectivity index (χ1n) is 9.94. The Morgan fingerprint density at radius 3 is 2.46 bits per heavy atom. The predicted octanol–water partition coefficient (Wildman–Crippen LogP) is 2.29. The summed E-state index contributed by atoms with van der Waals surface area (Å²) in [5, 5.41) is 3.07. The molecule has 1 amide bonds. The van der Waals surface area contributed by atoms with E-state index < -0.39 is 0 Å². The lowest BCUT2D eigenvalue weighted by molar-refractivity contribution is -0.122. The highest BCUT2D eigenvalue weighted by Gasteiger charge is 2.20. The number of hydrogen-bond acceptors (Lipinski definition) is 4. The Kier molecular flexibility index (Phi) is 8.92. The van der Waals surface area contributed by atoms with Crippen molar-refractivity contribution in [1.29, 1.82) is 0 Å². The van der Waals surface area contributed by atoms with Crippen LogP contribution in [0.15, 0.2) is 30.3 Å². The van der Waals surface area contributed by atoms with Gasteiger partial charge in [0.05, 0.1) is 6.54 Å². The van der Waals surface area contributed by atoms with Crippen molar-refractivity contribution in [2.45, 2.75) is 25.7 Å². The van der Waals surface area contributed by atoms with Gasteiger partial charge in [-0.1, -0.05) is 18.2 Å². The number of piperidine rings is 1. The molecule has 1 heterocycles. The molecule has 5 nitrogen and oxygen atoms in total. The van der Waals surface area contributed by atoms with Gasteiger partial charge in [-0.05, 0) is 77.5 Å². The van der Waals surface area contributed by atoms with Crippen LogP contribution in [-0.4, -0.2) is 76.1 Å². The van der Waals surface area contributed by atoms with Crippen LogP contribution in [0.4, 0.5) is 5.69 Å². The zero-order valence-corrected chi connectivity index (χ0v) is 16.8. The quantitative estimate of drug-likeness (QED) is 0.650. The molecule has 1 aromatic rings. The Bertz CT molecular complexity index is 512. The van der Waals surface area contributed by atoms with Crippen LogP contribution in [0, 0.1) is 5.92 Å². The normalized spacial score (nSPS) is 16.0. The molecule has 1 saturated heterocycles. The van der Waals surface area contributed by atoms with Gasteiger partial charge in [-0.15, -0.1) is 0 Å². The van der Waals surface area contributed by atoms with Crippen LogP contribution in [0.5, 0.6) is 0 Å². The standard InChI is InChI=1S/C21H36N4O/c1-23(2)15-10-19-11-16-25(17-12-19)18-21(26)22-13-7-14-24(3)20-8-5-4-6-9-20/h4-6,8-9,19H,7,10-18H2,1-3H3,(H,22,26). The van der Waals surface area contributed by atoms with Crippen molar-refractivity contribution in [3.63, 3.8) is 0 Å². The Labute approximate surface area is 159 Å². The summed E-state index contributed by atoms with van der Waals surface area (Å²) in [5.41, 5.74) is 1.22. The maximum absolute atomic E-state index is 12.1. The molecular formula is C21H36N4O. The molecule has 1 aliphatic rings. The molecule has 1 N–H and O–H groups in total. The molecule has 0 aliphatic carbocycles. The fourth-order valence-corrected chi connectivity index (χ4v) is 3.49. The third-order valence-corrected chi connectivity index (χ3v) is 5.25. The number of nitrogens with one attached hydrogen (secondary N) is 1. The Balaban J connectivity index is 1.54. The molecule has 2 rings (SSSR count). The summed E-state index contributed by atoms with van der Waals surface area (Å²) in [6, 6.07) is 10.4. The van der Waals surface area contributed by atoms with Crippen LogP contribution in [0.2, 0.25) is 0 Å². The molecule has 5 heteroatoms. The number of likely N-dealkylation sites (tertiary alicyclic amines) is 1. The van der Waals surface area contributed by atoms with Crippen molar-refractivity contribution >= 4 is 11.6 Å². The molecule has 0 unspecified atom stereocenters. The van der Waals surface area contributed by atoms with E-state index in [1.165, 1.54) is 31.5 Å². The maximum Gasteiger partial charge on any atom is 0.234 e. The Morgan fingerprint density at radius 1 is 1.12 bits per heavy atom. The minimum atomic E-state index is 0.166. The highest BCUT2D eigenvalue weighted by molar-refractivity contribution is 5.77. The first-order valence-corrected chi connectivity index (χ1v) is 9.94. The fourth-order valence-electron chi connectivity index (χ4n) is 3.49. The van der Waals surface area contributed by atoms with Gasteiger partial charge >= 0.3 is 0 Å². The molecular weight excluding hydrogens is 324 g/mol. The summed E-state index contributed by atoms with van der Waals surface area (Å²) in [5.74, 6) is 0.990. The Morgan fingerprint density at radius 2 is 1.81 bits per heavy atom. The number of rotatable bonds is 10. The second-order valence-electron chi connectivity index (χ2n) is 7.77. The summed E-state index contributed by atoms with van der Waals surface area (Å²) in [6.07, 6.45) is 4.69. The van der Waals surface area contributed by atoms with Gasteiger partial charge in [-0.2, -0.15) is 0 Å². The summed E-state index contributed by atoms with van der Waals surface area (Å²) in [6.45, 7) is 5.53. The van der Waals surface area contributed by atoms with Crippen LogP contribution in [0.3, 0.4) is 0 Å². The van der Waals surface area contributed by atoms with E-state index in [2.05, 4.69) is 65.4 Å². The zero-order valence-electron chi connectivity index (χ0n) is 16.8. The van der Waals surface area contributed by atoms with E-state index in [9.17, 15) is 4.79 Å². The second-order valence-corrected chi connectivity index (χ2v) is 7.77. The number of carbonyl (C=O) groups excluding carboxylic acids is 1. The van der Waals surface area contributed by atoms with Crippen molar-refractivity contribution in [3.05, 3.63) is 30.3 Å². The van der Waals surface area contributed by atoms with E-state index in [0.29, 0.717) is 6.54 Å². The summed E-state index contributed by atoms with van der Waals surface area (Å²) in [4.78, 5) is 18.9.